The van der Waals surface area contributed by atoms with Gasteiger partial charge in [-0.2, -0.15) is 4.98 Å². The lowest BCUT2D eigenvalue weighted by Gasteiger charge is -2.33. The number of aliphatic imine (C=N–C) groups is 1. The summed E-state index contributed by atoms with van der Waals surface area (Å²) < 4.78 is 10.8. The van der Waals surface area contributed by atoms with Crippen LogP contribution in [0.2, 0.25) is 0 Å². The van der Waals surface area contributed by atoms with Crippen LogP contribution in [0.15, 0.2) is 32.3 Å². The van der Waals surface area contributed by atoms with Crippen LogP contribution in [-0.4, -0.2) is 47.7 Å². The minimum absolute atomic E-state index is 0.194. The van der Waals surface area contributed by atoms with Crippen molar-refractivity contribution in [2.45, 2.75) is 38.8 Å². The van der Waals surface area contributed by atoms with E-state index in [1.54, 1.807) is 20.2 Å². The zero-order chi connectivity index (χ0) is 17.5. The first-order valence-electron chi connectivity index (χ1n) is 8.77. The summed E-state index contributed by atoms with van der Waals surface area (Å²) >= 11 is 0. The van der Waals surface area contributed by atoms with Gasteiger partial charge in [0.1, 0.15) is 5.76 Å². The van der Waals surface area contributed by atoms with Crippen LogP contribution in [0.1, 0.15) is 42.8 Å². The van der Waals surface area contributed by atoms with Crippen LogP contribution in [0.3, 0.4) is 0 Å². The van der Waals surface area contributed by atoms with Crippen LogP contribution in [0, 0.1) is 6.92 Å². The monoisotopic (exact) mass is 346 g/mol. The number of hydrogen-bond acceptors (Lipinski definition) is 6. The van der Waals surface area contributed by atoms with Gasteiger partial charge in [-0.25, -0.2) is 0 Å². The van der Waals surface area contributed by atoms with Crippen LogP contribution in [0.4, 0.5) is 0 Å². The first kappa shape index (κ1) is 17.5. The highest BCUT2D eigenvalue weighted by molar-refractivity contribution is 5.79. The minimum atomic E-state index is 0.194. The molecule has 3 heterocycles. The van der Waals surface area contributed by atoms with Gasteiger partial charge in [0, 0.05) is 13.6 Å². The molecule has 0 bridgehead atoms. The number of rotatable bonds is 6. The third kappa shape index (κ3) is 4.82. The Morgan fingerprint density at radius 1 is 1.32 bits per heavy atom. The smallest absolute Gasteiger partial charge is 0.246 e. The molecule has 0 aliphatic carbocycles. The summed E-state index contributed by atoms with van der Waals surface area (Å²) in [6.07, 6.45) is 5.51. The molecule has 8 nitrogen and oxygen atoms in total. The molecule has 25 heavy (non-hydrogen) atoms. The highest BCUT2D eigenvalue weighted by Gasteiger charge is 2.24. The van der Waals surface area contributed by atoms with Gasteiger partial charge in [-0.3, -0.25) is 9.89 Å². The molecule has 1 aliphatic rings. The van der Waals surface area contributed by atoms with Crippen molar-refractivity contribution in [3.8, 4) is 0 Å². The molecule has 0 radical (unpaired) electrons. The predicted octanol–water partition coefficient (Wildman–Crippen LogP) is 1.86. The summed E-state index contributed by atoms with van der Waals surface area (Å²) in [5.41, 5.74) is 0. The Bertz CT molecular complexity index is 660. The highest BCUT2D eigenvalue weighted by Crippen LogP contribution is 2.24. The number of aromatic nitrogens is 2. The Kier molecular flexibility index (Phi) is 6.05. The number of guanidine groups is 1. The number of piperidine rings is 1. The summed E-state index contributed by atoms with van der Waals surface area (Å²) in [6.45, 7) is 5.15. The van der Waals surface area contributed by atoms with Crippen molar-refractivity contribution < 1.29 is 8.94 Å². The van der Waals surface area contributed by atoms with E-state index >= 15 is 0 Å². The Hall–Kier alpha value is -2.35. The Labute approximate surface area is 147 Å². The molecule has 8 heteroatoms. The van der Waals surface area contributed by atoms with Gasteiger partial charge in [0.15, 0.2) is 11.8 Å². The van der Waals surface area contributed by atoms with Crippen molar-refractivity contribution in [3.63, 3.8) is 0 Å². The topological polar surface area (TPSA) is 91.7 Å². The molecule has 2 N–H and O–H groups in total. The molecular weight excluding hydrogens is 320 g/mol. The van der Waals surface area contributed by atoms with Crippen molar-refractivity contribution in [2.24, 2.45) is 4.99 Å². The standard InChI is InChI=1S/C17H26N6O2/c1-13-21-16(25-22-13)12-20-17(18-2)19-11-14(15-7-6-10-24-15)23-8-4-3-5-9-23/h6-7,10,14H,3-5,8-9,11-12H2,1-2H3,(H2,18,19,20). The highest BCUT2D eigenvalue weighted by atomic mass is 16.5. The molecule has 1 atom stereocenters. The average molecular weight is 346 g/mol. The zero-order valence-corrected chi connectivity index (χ0v) is 14.9. The van der Waals surface area contributed by atoms with E-state index in [-0.39, 0.29) is 6.04 Å². The molecular formula is C17H26N6O2. The maximum absolute atomic E-state index is 5.67. The first-order chi connectivity index (χ1) is 12.3. The van der Waals surface area contributed by atoms with E-state index in [1.165, 1.54) is 19.3 Å². The lowest BCUT2D eigenvalue weighted by Crippen LogP contribution is -2.44. The van der Waals surface area contributed by atoms with Crippen LogP contribution in [-0.2, 0) is 6.54 Å². The van der Waals surface area contributed by atoms with Crippen molar-refractivity contribution in [1.29, 1.82) is 0 Å². The molecule has 1 aliphatic heterocycles. The molecule has 1 saturated heterocycles. The summed E-state index contributed by atoms with van der Waals surface area (Å²) in [4.78, 5) is 10.9. The van der Waals surface area contributed by atoms with Crippen LogP contribution in [0.5, 0.6) is 0 Å². The molecule has 0 aromatic carbocycles. The minimum Gasteiger partial charge on any atom is -0.468 e. The van der Waals surface area contributed by atoms with E-state index in [2.05, 4.69) is 30.7 Å². The van der Waals surface area contributed by atoms with Gasteiger partial charge in [-0.05, 0) is 45.0 Å². The van der Waals surface area contributed by atoms with Crippen molar-refractivity contribution in [2.75, 3.05) is 26.7 Å². The van der Waals surface area contributed by atoms with E-state index in [0.29, 0.717) is 24.2 Å². The van der Waals surface area contributed by atoms with Crippen LogP contribution < -0.4 is 10.6 Å². The van der Waals surface area contributed by atoms with Gasteiger partial charge in [0.25, 0.3) is 0 Å². The lowest BCUT2D eigenvalue weighted by atomic mass is 10.1. The van der Waals surface area contributed by atoms with Crippen molar-refractivity contribution in [1.82, 2.24) is 25.7 Å². The number of hydrogen-bond donors (Lipinski definition) is 2. The second kappa shape index (κ2) is 8.66. The Morgan fingerprint density at radius 3 is 2.80 bits per heavy atom. The average Bonchev–Trinajstić information content (AvgIpc) is 3.31. The summed E-state index contributed by atoms with van der Waals surface area (Å²) in [5.74, 6) is 2.85. The van der Waals surface area contributed by atoms with E-state index in [9.17, 15) is 0 Å². The number of nitrogens with zero attached hydrogens (tertiary/aromatic N) is 4. The SMILES string of the molecule is CN=C(NCc1nc(C)no1)NCC(c1ccco1)N1CCCCC1. The van der Waals surface area contributed by atoms with E-state index in [0.717, 1.165) is 25.4 Å². The van der Waals surface area contributed by atoms with Gasteiger partial charge in [0.05, 0.1) is 18.8 Å². The zero-order valence-electron chi connectivity index (χ0n) is 14.9. The molecule has 0 saturated carbocycles. The van der Waals surface area contributed by atoms with Crippen LogP contribution >= 0.6 is 0 Å². The number of likely N-dealkylation sites (tertiary alicyclic amines) is 1. The maximum Gasteiger partial charge on any atom is 0.246 e. The normalized spacial score (nSPS) is 17.4. The van der Waals surface area contributed by atoms with Gasteiger partial charge >= 0.3 is 0 Å². The second-order valence-electron chi connectivity index (χ2n) is 6.17. The molecule has 136 valence electrons. The van der Waals surface area contributed by atoms with E-state index in [4.69, 9.17) is 8.94 Å². The Balaban J connectivity index is 1.57. The number of aryl methyl sites for hydroxylation is 1. The lowest BCUT2D eigenvalue weighted by molar-refractivity contribution is 0.146. The molecule has 1 fully saturated rings. The molecule has 0 amide bonds. The van der Waals surface area contributed by atoms with E-state index < -0.39 is 0 Å². The number of nitrogens with one attached hydrogen (secondary N) is 2. The quantitative estimate of drug-likeness (QED) is 0.609. The molecule has 2 aromatic heterocycles. The molecule has 2 aromatic rings. The maximum atomic E-state index is 5.67. The third-order valence-corrected chi connectivity index (χ3v) is 4.37. The molecule has 0 spiro atoms. The third-order valence-electron chi connectivity index (χ3n) is 4.37. The molecule has 3 rings (SSSR count). The summed E-state index contributed by atoms with van der Waals surface area (Å²) in [5, 5.41) is 10.4. The van der Waals surface area contributed by atoms with E-state index in [1.807, 2.05) is 12.1 Å². The van der Waals surface area contributed by atoms with Gasteiger partial charge < -0.3 is 19.6 Å². The fraction of sp³-hybridized carbons (Fsp3) is 0.588. The van der Waals surface area contributed by atoms with Gasteiger partial charge in [-0.15, -0.1) is 0 Å². The first-order valence-corrected chi connectivity index (χ1v) is 8.77. The second-order valence-corrected chi connectivity index (χ2v) is 6.17. The fourth-order valence-electron chi connectivity index (χ4n) is 3.11. The Morgan fingerprint density at radius 2 is 2.16 bits per heavy atom. The van der Waals surface area contributed by atoms with Gasteiger partial charge in [-0.1, -0.05) is 11.6 Å². The summed E-state index contributed by atoms with van der Waals surface area (Å²) in [6, 6.07) is 4.18. The summed E-state index contributed by atoms with van der Waals surface area (Å²) in [7, 11) is 1.75. The van der Waals surface area contributed by atoms with Crippen LogP contribution in [0.25, 0.3) is 0 Å². The van der Waals surface area contributed by atoms with Crippen molar-refractivity contribution in [3.05, 3.63) is 35.9 Å². The predicted molar refractivity (Wildman–Crippen MR) is 94.1 cm³/mol. The fourth-order valence-corrected chi connectivity index (χ4v) is 3.11. The number of furan rings is 1. The largest absolute Gasteiger partial charge is 0.468 e. The van der Waals surface area contributed by atoms with Crippen molar-refractivity contribution >= 4 is 5.96 Å². The molecule has 1 unspecified atom stereocenters. The van der Waals surface area contributed by atoms with Gasteiger partial charge in [0.2, 0.25) is 5.89 Å².